The first-order valence-electron chi connectivity index (χ1n) is 17.3. The number of benzene rings is 5. The van der Waals surface area contributed by atoms with Crippen LogP contribution in [0.5, 0.6) is 11.5 Å². The number of pyridine rings is 1. The molecule has 0 radical (unpaired) electrons. The highest BCUT2D eigenvalue weighted by Gasteiger charge is 2.33. The molecule has 4 heterocycles. The van der Waals surface area contributed by atoms with Crippen molar-refractivity contribution in [3.63, 3.8) is 0 Å². The molecule has 248 valence electrons. The number of ether oxygens (including phenoxy) is 1. The number of aromatic nitrogens is 2. The van der Waals surface area contributed by atoms with Gasteiger partial charge in [-0.1, -0.05) is 57.2 Å². The Bertz CT molecular complexity index is 2600. The smallest absolute Gasteiger partial charge is 0.137 e. The van der Waals surface area contributed by atoms with Crippen molar-refractivity contribution in [2.75, 3.05) is 16.5 Å². The van der Waals surface area contributed by atoms with Crippen LogP contribution in [-0.2, 0) is 5.41 Å². The predicted molar refractivity (Wildman–Crippen MR) is 212 cm³/mol. The summed E-state index contributed by atoms with van der Waals surface area (Å²) < 4.78 is 11.6. The van der Waals surface area contributed by atoms with Crippen LogP contribution in [0.1, 0.15) is 47.1 Å². The van der Waals surface area contributed by atoms with Gasteiger partial charge in [-0.25, -0.2) is 4.98 Å². The molecule has 0 bridgehead atoms. The molecule has 3 aromatic heterocycles. The van der Waals surface area contributed by atoms with Crippen molar-refractivity contribution in [3.05, 3.63) is 127 Å². The van der Waals surface area contributed by atoms with Crippen LogP contribution in [0.2, 0.25) is 0 Å². The number of thiophene rings is 1. The van der Waals surface area contributed by atoms with E-state index >= 15 is 0 Å². The zero-order valence-corrected chi connectivity index (χ0v) is 30.2. The summed E-state index contributed by atoms with van der Waals surface area (Å²) in [6, 6.07) is 41.4. The molecule has 0 unspecified atom stereocenters. The maximum atomic E-state index is 6.68. The van der Waals surface area contributed by atoms with Crippen LogP contribution in [0.3, 0.4) is 0 Å². The number of anilines is 3. The summed E-state index contributed by atoms with van der Waals surface area (Å²) in [6.45, 7) is 14.3. The Morgan fingerprint density at radius 2 is 1.38 bits per heavy atom. The first-order valence-corrected chi connectivity index (χ1v) is 18.1. The highest BCUT2D eigenvalue weighted by molar-refractivity contribution is 7.25. The third-order valence-electron chi connectivity index (χ3n) is 10.00. The van der Waals surface area contributed by atoms with Crippen molar-refractivity contribution in [2.24, 2.45) is 0 Å². The van der Waals surface area contributed by atoms with E-state index in [1.165, 1.54) is 47.9 Å². The number of nitrogens with zero attached hydrogens (tertiary/aromatic N) is 4. The first kappa shape index (κ1) is 30.7. The molecular formula is C44H40N4OS. The molecule has 6 heteroatoms. The Morgan fingerprint density at radius 1 is 0.620 bits per heavy atom. The van der Waals surface area contributed by atoms with Gasteiger partial charge in [-0.15, -0.1) is 11.3 Å². The molecule has 5 aromatic carbocycles. The van der Waals surface area contributed by atoms with Crippen LogP contribution in [-0.4, -0.2) is 21.8 Å². The second kappa shape index (κ2) is 11.1. The number of hydrogen-bond donors (Lipinski definition) is 0. The molecule has 9 rings (SSSR count). The lowest BCUT2D eigenvalue weighted by molar-refractivity contribution is 0.483. The minimum Gasteiger partial charge on any atom is -0.457 e. The van der Waals surface area contributed by atoms with Crippen molar-refractivity contribution in [1.82, 2.24) is 9.55 Å². The van der Waals surface area contributed by atoms with Crippen molar-refractivity contribution in [3.8, 4) is 17.3 Å². The molecule has 0 N–H and O–H groups in total. The standard InChI is InChI=1S/C44H40N4OS/c1-43(2,3)28-20-21-45-42(22-28)48-38-24-31(18-19-32(38)34-26-41-35(25-39(34)48)33-14-7-10-17-40(33)50-41)49-30-13-11-12-29(23-30)46-27-47(44(4,5)6)37-16-9-8-15-36(37)46/h7-26H,27H2,1-6H3. The highest BCUT2D eigenvalue weighted by Crippen LogP contribution is 2.45. The summed E-state index contributed by atoms with van der Waals surface area (Å²) in [5, 5.41) is 4.96. The SMILES string of the molecule is CC(C)(C)c1ccnc(-n2c3cc(Oc4cccc(N5CN(C(C)(C)C)c6ccccc65)c4)ccc3c3cc4sc5ccccc5c4cc32)c1. The molecule has 0 amide bonds. The van der Waals surface area contributed by atoms with E-state index in [0.717, 1.165) is 40.7 Å². The Kier molecular flexibility index (Phi) is 6.81. The fourth-order valence-electron chi connectivity index (χ4n) is 7.39. The minimum absolute atomic E-state index is 0.00366. The maximum absolute atomic E-state index is 6.68. The summed E-state index contributed by atoms with van der Waals surface area (Å²) in [5.74, 6) is 2.50. The Labute approximate surface area is 297 Å². The molecular weight excluding hydrogens is 633 g/mol. The van der Waals surface area contributed by atoms with Gasteiger partial charge >= 0.3 is 0 Å². The van der Waals surface area contributed by atoms with E-state index in [2.05, 4.69) is 165 Å². The summed E-state index contributed by atoms with van der Waals surface area (Å²) in [7, 11) is 0. The average Bonchev–Trinajstić information content (AvgIpc) is 3.76. The zero-order valence-electron chi connectivity index (χ0n) is 29.4. The number of para-hydroxylation sites is 2. The second-order valence-electron chi connectivity index (χ2n) is 15.4. The molecule has 0 atom stereocenters. The van der Waals surface area contributed by atoms with E-state index < -0.39 is 0 Å². The highest BCUT2D eigenvalue weighted by atomic mass is 32.1. The van der Waals surface area contributed by atoms with Crippen LogP contribution in [0.4, 0.5) is 17.1 Å². The van der Waals surface area contributed by atoms with E-state index in [-0.39, 0.29) is 11.0 Å². The monoisotopic (exact) mass is 672 g/mol. The van der Waals surface area contributed by atoms with Gasteiger partial charge < -0.3 is 14.5 Å². The van der Waals surface area contributed by atoms with Crippen LogP contribution in [0.25, 0.3) is 47.8 Å². The van der Waals surface area contributed by atoms with E-state index in [9.17, 15) is 0 Å². The number of hydrogen-bond acceptors (Lipinski definition) is 5. The predicted octanol–water partition coefficient (Wildman–Crippen LogP) is 12.4. The fourth-order valence-corrected chi connectivity index (χ4v) is 8.52. The quantitative estimate of drug-likeness (QED) is 0.186. The van der Waals surface area contributed by atoms with Crippen LogP contribution >= 0.6 is 11.3 Å². The van der Waals surface area contributed by atoms with Gasteiger partial charge in [-0.3, -0.25) is 4.57 Å². The lowest BCUT2D eigenvalue weighted by Crippen LogP contribution is -2.42. The fraction of sp³-hybridized carbons (Fsp3) is 0.205. The Morgan fingerprint density at radius 3 is 2.20 bits per heavy atom. The summed E-state index contributed by atoms with van der Waals surface area (Å²) in [4.78, 5) is 9.78. The zero-order chi connectivity index (χ0) is 34.4. The van der Waals surface area contributed by atoms with Crippen molar-refractivity contribution >= 4 is 70.4 Å². The molecule has 0 saturated heterocycles. The average molecular weight is 673 g/mol. The summed E-state index contributed by atoms with van der Waals surface area (Å²) in [5.41, 5.74) is 7.02. The van der Waals surface area contributed by atoms with Gasteiger partial charge in [0.25, 0.3) is 0 Å². The van der Waals surface area contributed by atoms with Crippen molar-refractivity contribution in [1.29, 1.82) is 0 Å². The van der Waals surface area contributed by atoms with Crippen LogP contribution in [0.15, 0.2) is 121 Å². The molecule has 1 aliphatic heterocycles. The van der Waals surface area contributed by atoms with Gasteiger partial charge in [0.05, 0.1) is 29.1 Å². The molecule has 50 heavy (non-hydrogen) atoms. The topological polar surface area (TPSA) is 33.5 Å². The van der Waals surface area contributed by atoms with E-state index in [4.69, 9.17) is 9.72 Å². The van der Waals surface area contributed by atoms with E-state index in [0.29, 0.717) is 0 Å². The van der Waals surface area contributed by atoms with Gasteiger partial charge in [-0.2, -0.15) is 0 Å². The van der Waals surface area contributed by atoms with Gasteiger partial charge in [0, 0.05) is 60.5 Å². The van der Waals surface area contributed by atoms with Crippen molar-refractivity contribution < 1.29 is 4.74 Å². The lowest BCUT2D eigenvalue weighted by Gasteiger charge is -2.34. The Balaban J connectivity index is 1.17. The summed E-state index contributed by atoms with van der Waals surface area (Å²) >= 11 is 1.85. The van der Waals surface area contributed by atoms with Crippen molar-refractivity contribution in [2.45, 2.75) is 52.5 Å². The third kappa shape index (κ3) is 5.00. The van der Waals surface area contributed by atoms with E-state index in [1.807, 2.05) is 23.6 Å². The molecule has 8 aromatic rings. The molecule has 0 fully saturated rings. The lowest BCUT2D eigenvalue weighted by atomic mass is 9.88. The van der Waals surface area contributed by atoms with Gasteiger partial charge in [0.1, 0.15) is 17.3 Å². The van der Waals surface area contributed by atoms with Crippen LogP contribution in [0, 0.1) is 0 Å². The van der Waals surface area contributed by atoms with Gasteiger partial charge in [0.15, 0.2) is 0 Å². The van der Waals surface area contributed by atoms with Gasteiger partial charge in [0.2, 0.25) is 0 Å². The largest absolute Gasteiger partial charge is 0.457 e. The number of rotatable bonds is 4. The maximum Gasteiger partial charge on any atom is 0.137 e. The van der Waals surface area contributed by atoms with Gasteiger partial charge in [-0.05, 0) is 98.5 Å². The molecule has 0 spiro atoms. The molecule has 1 aliphatic rings. The van der Waals surface area contributed by atoms with Crippen LogP contribution < -0.4 is 14.5 Å². The second-order valence-corrected chi connectivity index (χ2v) is 16.5. The molecule has 5 nitrogen and oxygen atoms in total. The first-order chi connectivity index (χ1) is 24.0. The molecule has 0 aliphatic carbocycles. The minimum atomic E-state index is -0.00761. The molecule has 0 saturated carbocycles. The van der Waals surface area contributed by atoms with E-state index in [1.54, 1.807) is 0 Å². The third-order valence-corrected chi connectivity index (χ3v) is 11.1. The number of fused-ring (bicyclic) bond motifs is 7. The Hall–Kier alpha value is -5.33. The normalized spacial score (nSPS) is 13.6. The summed E-state index contributed by atoms with van der Waals surface area (Å²) in [6.07, 6.45) is 1.94.